The first-order valence-corrected chi connectivity index (χ1v) is 5.14. The van der Waals surface area contributed by atoms with Crippen LogP contribution in [0.25, 0.3) is 0 Å². The van der Waals surface area contributed by atoms with Gasteiger partial charge in [0.2, 0.25) is 0 Å². The average molecular weight is 217 g/mol. The third kappa shape index (κ3) is 4.48. The Kier molecular flexibility index (Phi) is 3.93. The molecule has 0 spiro atoms. The molecule has 2 atom stereocenters. The molecule has 1 amide bonds. The molecule has 15 heavy (non-hydrogen) atoms. The highest BCUT2D eigenvalue weighted by Crippen LogP contribution is 2.10. The van der Waals surface area contributed by atoms with Gasteiger partial charge in [0, 0.05) is 6.61 Å². The van der Waals surface area contributed by atoms with Crippen LogP contribution in [-0.4, -0.2) is 42.2 Å². The van der Waals surface area contributed by atoms with Gasteiger partial charge in [0.25, 0.3) is 0 Å². The van der Waals surface area contributed by atoms with Gasteiger partial charge in [-0.3, -0.25) is 0 Å². The average Bonchev–Trinajstić information content (AvgIpc) is 2.05. The Morgan fingerprint density at radius 1 is 1.53 bits per heavy atom. The molecule has 5 nitrogen and oxygen atoms in total. The van der Waals surface area contributed by atoms with Gasteiger partial charge in [-0.15, -0.1) is 0 Å². The van der Waals surface area contributed by atoms with Crippen LogP contribution < -0.4 is 5.32 Å². The van der Waals surface area contributed by atoms with Gasteiger partial charge in [-0.05, 0) is 27.2 Å². The number of alkyl carbamates (subject to hydrolysis) is 1. The summed E-state index contributed by atoms with van der Waals surface area (Å²) in [5.41, 5.74) is -0.514. The maximum atomic E-state index is 11.4. The normalized spacial score (nSPS) is 27.2. The summed E-state index contributed by atoms with van der Waals surface area (Å²) in [6.07, 6.45) is -0.528. The molecule has 1 aliphatic rings. The highest BCUT2D eigenvalue weighted by Gasteiger charge is 2.27. The molecule has 1 heterocycles. The van der Waals surface area contributed by atoms with Gasteiger partial charge in [0.05, 0.1) is 18.8 Å². The minimum Gasteiger partial charge on any atom is -0.444 e. The van der Waals surface area contributed by atoms with Crippen LogP contribution >= 0.6 is 0 Å². The molecule has 0 saturated carbocycles. The number of nitrogens with one attached hydrogen (secondary N) is 1. The summed E-state index contributed by atoms with van der Waals surface area (Å²) in [6, 6.07) is -0.270. The fourth-order valence-electron chi connectivity index (χ4n) is 1.35. The Morgan fingerprint density at radius 3 is 2.73 bits per heavy atom. The molecule has 88 valence electrons. The van der Waals surface area contributed by atoms with Crippen LogP contribution in [-0.2, 0) is 9.47 Å². The van der Waals surface area contributed by atoms with Crippen LogP contribution in [0, 0.1) is 0 Å². The number of aliphatic hydroxyl groups is 1. The molecule has 2 unspecified atom stereocenters. The van der Waals surface area contributed by atoms with E-state index < -0.39 is 17.8 Å². The molecule has 1 aliphatic heterocycles. The number of ether oxygens (including phenoxy) is 2. The molecule has 1 rings (SSSR count). The number of hydrogen-bond donors (Lipinski definition) is 2. The zero-order valence-electron chi connectivity index (χ0n) is 9.45. The topological polar surface area (TPSA) is 67.8 Å². The van der Waals surface area contributed by atoms with Gasteiger partial charge in [-0.2, -0.15) is 0 Å². The first-order chi connectivity index (χ1) is 6.88. The summed E-state index contributed by atoms with van der Waals surface area (Å²) < 4.78 is 10.1. The lowest BCUT2D eigenvalue weighted by atomic mass is 10.1. The largest absolute Gasteiger partial charge is 0.444 e. The Hall–Kier alpha value is -0.810. The molecule has 0 aliphatic carbocycles. The number of carbonyl (C=O) groups is 1. The third-order valence-corrected chi connectivity index (χ3v) is 2.03. The second-order valence-electron chi connectivity index (χ2n) is 4.68. The number of carbonyl (C=O) groups excluding carboxylic acids is 1. The SMILES string of the molecule is CC(C)(C)OC(=O)NC1CCOCC1O. The van der Waals surface area contributed by atoms with Gasteiger partial charge >= 0.3 is 6.09 Å². The van der Waals surface area contributed by atoms with E-state index in [2.05, 4.69) is 5.32 Å². The van der Waals surface area contributed by atoms with Gasteiger partial charge < -0.3 is 19.9 Å². The standard InChI is InChI=1S/C10H19NO4/c1-10(2,3)15-9(13)11-7-4-5-14-6-8(7)12/h7-8,12H,4-6H2,1-3H3,(H,11,13). The summed E-state index contributed by atoms with van der Waals surface area (Å²) in [6.45, 7) is 6.21. The van der Waals surface area contributed by atoms with Gasteiger partial charge in [-0.1, -0.05) is 0 Å². The smallest absolute Gasteiger partial charge is 0.407 e. The predicted molar refractivity (Wildman–Crippen MR) is 54.6 cm³/mol. The summed E-state index contributed by atoms with van der Waals surface area (Å²) in [5, 5.41) is 12.2. The van der Waals surface area contributed by atoms with Crippen LogP contribution in [0.3, 0.4) is 0 Å². The van der Waals surface area contributed by atoms with Crippen molar-refractivity contribution in [3.8, 4) is 0 Å². The van der Waals surface area contributed by atoms with E-state index in [4.69, 9.17) is 9.47 Å². The molecule has 1 fully saturated rings. The van der Waals surface area contributed by atoms with Crippen molar-refractivity contribution >= 4 is 6.09 Å². The molecular weight excluding hydrogens is 198 g/mol. The minimum absolute atomic E-state index is 0.264. The van der Waals surface area contributed by atoms with Crippen molar-refractivity contribution in [2.24, 2.45) is 0 Å². The van der Waals surface area contributed by atoms with Gasteiger partial charge in [-0.25, -0.2) is 4.79 Å². The molecule has 0 aromatic heterocycles. The Labute approximate surface area is 89.8 Å². The molecule has 0 radical (unpaired) electrons. The van der Waals surface area contributed by atoms with Crippen LogP contribution in [0.15, 0.2) is 0 Å². The zero-order valence-corrected chi connectivity index (χ0v) is 9.45. The van der Waals surface area contributed by atoms with E-state index in [0.717, 1.165) is 0 Å². The molecule has 5 heteroatoms. The van der Waals surface area contributed by atoms with Crippen LogP contribution in [0.2, 0.25) is 0 Å². The summed E-state index contributed by atoms with van der Waals surface area (Å²) >= 11 is 0. The summed E-state index contributed by atoms with van der Waals surface area (Å²) in [7, 11) is 0. The molecular formula is C10H19NO4. The Bertz CT molecular complexity index is 224. The van der Waals surface area contributed by atoms with Gasteiger partial charge in [0.1, 0.15) is 5.60 Å². The molecule has 1 saturated heterocycles. The van der Waals surface area contributed by atoms with Crippen molar-refractivity contribution in [2.75, 3.05) is 13.2 Å². The number of aliphatic hydroxyl groups excluding tert-OH is 1. The molecule has 0 bridgehead atoms. The predicted octanol–water partition coefficient (Wildman–Crippen LogP) is 0.661. The monoisotopic (exact) mass is 217 g/mol. The van der Waals surface area contributed by atoms with Crippen molar-refractivity contribution < 1.29 is 19.4 Å². The maximum absolute atomic E-state index is 11.4. The first kappa shape index (κ1) is 12.3. The van der Waals surface area contributed by atoms with E-state index >= 15 is 0 Å². The minimum atomic E-state index is -0.647. The summed E-state index contributed by atoms with van der Waals surface area (Å²) in [4.78, 5) is 11.4. The van der Waals surface area contributed by atoms with Crippen molar-refractivity contribution in [2.45, 2.75) is 44.9 Å². The van der Waals surface area contributed by atoms with E-state index in [0.29, 0.717) is 13.0 Å². The molecule has 2 N–H and O–H groups in total. The van der Waals surface area contributed by atoms with Crippen molar-refractivity contribution in [3.05, 3.63) is 0 Å². The van der Waals surface area contributed by atoms with Gasteiger partial charge in [0.15, 0.2) is 0 Å². The number of rotatable bonds is 1. The van der Waals surface area contributed by atoms with E-state index in [1.807, 2.05) is 0 Å². The fourth-order valence-corrected chi connectivity index (χ4v) is 1.35. The Balaban J connectivity index is 2.36. The van der Waals surface area contributed by atoms with Crippen molar-refractivity contribution in [3.63, 3.8) is 0 Å². The Morgan fingerprint density at radius 2 is 2.20 bits per heavy atom. The maximum Gasteiger partial charge on any atom is 0.407 e. The first-order valence-electron chi connectivity index (χ1n) is 5.14. The van der Waals surface area contributed by atoms with Crippen LogP contribution in [0.4, 0.5) is 4.79 Å². The van der Waals surface area contributed by atoms with E-state index in [9.17, 15) is 9.90 Å². The van der Waals surface area contributed by atoms with Crippen LogP contribution in [0.5, 0.6) is 0 Å². The van der Waals surface area contributed by atoms with E-state index in [1.165, 1.54) is 0 Å². The zero-order chi connectivity index (χ0) is 11.5. The second-order valence-corrected chi connectivity index (χ2v) is 4.68. The lowest BCUT2D eigenvalue weighted by Gasteiger charge is -2.29. The van der Waals surface area contributed by atoms with E-state index in [1.54, 1.807) is 20.8 Å². The quantitative estimate of drug-likeness (QED) is 0.677. The molecule has 0 aromatic rings. The molecule has 0 aromatic carbocycles. The van der Waals surface area contributed by atoms with E-state index in [-0.39, 0.29) is 12.6 Å². The summed E-state index contributed by atoms with van der Waals surface area (Å²) in [5.74, 6) is 0. The number of amides is 1. The lowest BCUT2D eigenvalue weighted by Crippen LogP contribution is -2.49. The second kappa shape index (κ2) is 4.81. The lowest BCUT2D eigenvalue weighted by molar-refractivity contribution is -0.0308. The fraction of sp³-hybridized carbons (Fsp3) is 0.900. The van der Waals surface area contributed by atoms with Crippen LogP contribution in [0.1, 0.15) is 27.2 Å². The van der Waals surface area contributed by atoms with Crippen molar-refractivity contribution in [1.29, 1.82) is 0 Å². The number of hydrogen-bond acceptors (Lipinski definition) is 4. The highest BCUT2D eigenvalue weighted by atomic mass is 16.6. The van der Waals surface area contributed by atoms with Crippen molar-refractivity contribution in [1.82, 2.24) is 5.32 Å². The highest BCUT2D eigenvalue weighted by molar-refractivity contribution is 5.68. The third-order valence-electron chi connectivity index (χ3n) is 2.03.